The maximum atomic E-state index is 12.2. The van der Waals surface area contributed by atoms with Crippen LogP contribution >= 0.6 is 0 Å². The molecule has 0 fully saturated rings. The van der Waals surface area contributed by atoms with Crippen LogP contribution in [0.1, 0.15) is 31.3 Å². The summed E-state index contributed by atoms with van der Waals surface area (Å²) in [5.41, 5.74) is 0.797. The lowest BCUT2D eigenvalue weighted by Gasteiger charge is -2.11. The molecule has 8 nitrogen and oxygen atoms in total. The highest BCUT2D eigenvalue weighted by Gasteiger charge is 2.22. The van der Waals surface area contributed by atoms with Crippen molar-refractivity contribution < 1.29 is 14.5 Å². The van der Waals surface area contributed by atoms with E-state index in [1.54, 1.807) is 25.1 Å². The van der Waals surface area contributed by atoms with Crippen LogP contribution in [0.25, 0.3) is 11.0 Å². The standard InChI is InChI=1S/C17H14N4O4.C2H6/c1-2-25-17(22)15-16(18-11-7-4-3-5-8-11)20-14-12(19-15)9-6-10-13(14)21(23)24;1-2/h3-10H,2H2,1H3,(H,18,20);1-2H3. The number of rotatable bonds is 5. The Kier molecular flexibility index (Phi) is 6.76. The minimum Gasteiger partial charge on any atom is -0.461 e. The van der Waals surface area contributed by atoms with Crippen LogP contribution in [-0.4, -0.2) is 27.5 Å². The van der Waals surface area contributed by atoms with Crippen molar-refractivity contribution in [2.75, 3.05) is 11.9 Å². The van der Waals surface area contributed by atoms with E-state index in [-0.39, 0.29) is 34.8 Å². The van der Waals surface area contributed by atoms with E-state index in [4.69, 9.17) is 4.74 Å². The van der Waals surface area contributed by atoms with Crippen molar-refractivity contribution in [1.29, 1.82) is 0 Å². The molecule has 0 spiro atoms. The summed E-state index contributed by atoms with van der Waals surface area (Å²) in [5, 5.41) is 14.2. The van der Waals surface area contributed by atoms with Gasteiger partial charge in [-0.3, -0.25) is 10.1 Å². The molecule has 0 saturated heterocycles. The topological polar surface area (TPSA) is 107 Å². The van der Waals surface area contributed by atoms with E-state index < -0.39 is 10.9 Å². The van der Waals surface area contributed by atoms with E-state index in [9.17, 15) is 14.9 Å². The fourth-order valence-electron chi connectivity index (χ4n) is 2.30. The van der Waals surface area contributed by atoms with Gasteiger partial charge in [0, 0.05) is 11.8 Å². The van der Waals surface area contributed by atoms with Crippen LogP contribution in [0.2, 0.25) is 0 Å². The predicted molar refractivity (Wildman–Crippen MR) is 103 cm³/mol. The van der Waals surface area contributed by atoms with Crippen LogP contribution in [-0.2, 0) is 4.74 Å². The Bertz CT molecular complexity index is 945. The lowest BCUT2D eigenvalue weighted by Crippen LogP contribution is -2.12. The average molecular weight is 368 g/mol. The molecule has 0 atom stereocenters. The van der Waals surface area contributed by atoms with Gasteiger partial charge in [0.05, 0.1) is 17.0 Å². The van der Waals surface area contributed by atoms with Gasteiger partial charge in [0.15, 0.2) is 17.0 Å². The molecule has 0 aliphatic rings. The summed E-state index contributed by atoms with van der Waals surface area (Å²) < 4.78 is 5.02. The van der Waals surface area contributed by atoms with Gasteiger partial charge in [-0.25, -0.2) is 14.8 Å². The third kappa shape index (κ3) is 4.55. The molecule has 1 aromatic heterocycles. The van der Waals surface area contributed by atoms with Crippen molar-refractivity contribution in [2.24, 2.45) is 0 Å². The van der Waals surface area contributed by atoms with Crippen molar-refractivity contribution in [3.05, 3.63) is 64.3 Å². The average Bonchev–Trinajstić information content (AvgIpc) is 2.69. The first kappa shape index (κ1) is 19.8. The van der Waals surface area contributed by atoms with Crippen LogP contribution in [0.5, 0.6) is 0 Å². The Balaban J connectivity index is 0.00000126. The second-order valence-electron chi connectivity index (χ2n) is 5.03. The number of hydrogen-bond acceptors (Lipinski definition) is 7. The Morgan fingerprint density at radius 3 is 2.44 bits per heavy atom. The molecule has 8 heteroatoms. The number of aromatic nitrogens is 2. The largest absolute Gasteiger partial charge is 0.461 e. The highest BCUT2D eigenvalue weighted by atomic mass is 16.6. The molecule has 27 heavy (non-hydrogen) atoms. The zero-order valence-corrected chi connectivity index (χ0v) is 15.3. The van der Waals surface area contributed by atoms with Crippen molar-refractivity contribution in [3.63, 3.8) is 0 Å². The lowest BCUT2D eigenvalue weighted by atomic mass is 10.2. The van der Waals surface area contributed by atoms with E-state index >= 15 is 0 Å². The third-order valence-electron chi connectivity index (χ3n) is 3.38. The zero-order valence-electron chi connectivity index (χ0n) is 15.3. The van der Waals surface area contributed by atoms with Crippen molar-refractivity contribution in [1.82, 2.24) is 9.97 Å². The summed E-state index contributed by atoms with van der Waals surface area (Å²) >= 11 is 0. The monoisotopic (exact) mass is 368 g/mol. The van der Waals surface area contributed by atoms with Crippen LogP contribution in [0.4, 0.5) is 17.2 Å². The van der Waals surface area contributed by atoms with E-state index in [1.807, 2.05) is 32.0 Å². The van der Waals surface area contributed by atoms with Crippen LogP contribution < -0.4 is 5.32 Å². The van der Waals surface area contributed by atoms with E-state index in [0.29, 0.717) is 5.69 Å². The SMILES string of the molecule is CC.CCOC(=O)c1nc2cccc([N+](=O)[O-])c2nc1Nc1ccccc1. The third-order valence-corrected chi connectivity index (χ3v) is 3.38. The van der Waals surface area contributed by atoms with Crippen LogP contribution in [0, 0.1) is 10.1 Å². The molecule has 0 amide bonds. The number of ether oxygens (including phenoxy) is 1. The summed E-state index contributed by atoms with van der Waals surface area (Å²) in [5.74, 6) is -0.548. The second kappa shape index (κ2) is 9.23. The molecule has 0 radical (unpaired) electrons. The number of esters is 1. The van der Waals surface area contributed by atoms with Gasteiger partial charge >= 0.3 is 5.97 Å². The molecule has 3 aromatic rings. The molecular weight excluding hydrogens is 348 g/mol. The maximum absolute atomic E-state index is 12.2. The summed E-state index contributed by atoms with van der Waals surface area (Å²) in [6.07, 6.45) is 0. The molecule has 0 saturated carbocycles. The zero-order chi connectivity index (χ0) is 19.8. The van der Waals surface area contributed by atoms with Gasteiger partial charge in [0.1, 0.15) is 0 Å². The lowest BCUT2D eigenvalue weighted by molar-refractivity contribution is -0.383. The molecule has 1 heterocycles. The van der Waals surface area contributed by atoms with E-state index in [2.05, 4.69) is 15.3 Å². The number of fused-ring (bicyclic) bond motifs is 1. The van der Waals surface area contributed by atoms with Gasteiger partial charge in [-0.15, -0.1) is 0 Å². The normalized spacial score (nSPS) is 9.89. The molecule has 0 aliphatic carbocycles. The number of nitrogens with one attached hydrogen (secondary N) is 1. The first-order valence-corrected chi connectivity index (χ1v) is 8.54. The van der Waals surface area contributed by atoms with Gasteiger partial charge < -0.3 is 10.1 Å². The number of nitro benzene ring substituents is 1. The number of non-ortho nitro benzene ring substituents is 1. The Labute approximate surface area is 156 Å². The molecule has 2 aromatic carbocycles. The number of carbonyl (C=O) groups is 1. The van der Waals surface area contributed by atoms with Gasteiger partial charge in [-0.05, 0) is 25.1 Å². The quantitative estimate of drug-likeness (QED) is 0.402. The number of nitrogens with zero attached hydrogens (tertiary/aromatic N) is 3. The van der Waals surface area contributed by atoms with Gasteiger partial charge in [-0.2, -0.15) is 0 Å². The highest BCUT2D eigenvalue weighted by molar-refractivity contribution is 5.97. The maximum Gasteiger partial charge on any atom is 0.360 e. The highest BCUT2D eigenvalue weighted by Crippen LogP contribution is 2.27. The Morgan fingerprint density at radius 2 is 1.81 bits per heavy atom. The van der Waals surface area contributed by atoms with Crippen LogP contribution in [0.3, 0.4) is 0 Å². The van der Waals surface area contributed by atoms with Crippen LogP contribution in [0.15, 0.2) is 48.5 Å². The minimum absolute atomic E-state index is 0.0290. The molecular formula is C19H20N4O4. The minimum atomic E-state index is -0.651. The van der Waals surface area contributed by atoms with Gasteiger partial charge in [0.25, 0.3) is 5.69 Å². The summed E-state index contributed by atoms with van der Waals surface area (Å²) in [7, 11) is 0. The summed E-state index contributed by atoms with van der Waals surface area (Å²) in [6, 6.07) is 13.4. The fourth-order valence-corrected chi connectivity index (χ4v) is 2.30. The number of anilines is 2. The molecule has 0 aliphatic heterocycles. The number of carbonyl (C=O) groups excluding carboxylic acids is 1. The van der Waals surface area contributed by atoms with Gasteiger partial charge in [0.2, 0.25) is 0 Å². The summed E-state index contributed by atoms with van der Waals surface area (Å²) in [6.45, 7) is 5.86. The predicted octanol–water partition coefficient (Wildman–Crippen LogP) is 4.48. The Hall–Kier alpha value is -3.55. The number of benzene rings is 2. The smallest absolute Gasteiger partial charge is 0.360 e. The number of nitro groups is 1. The first-order valence-electron chi connectivity index (χ1n) is 8.54. The van der Waals surface area contributed by atoms with Crippen molar-refractivity contribution >= 4 is 34.2 Å². The Morgan fingerprint density at radius 1 is 1.11 bits per heavy atom. The first-order chi connectivity index (χ1) is 13.1. The fraction of sp³-hybridized carbons (Fsp3) is 0.211. The molecule has 140 valence electrons. The van der Waals surface area contributed by atoms with Gasteiger partial charge in [-0.1, -0.05) is 38.1 Å². The summed E-state index contributed by atoms with van der Waals surface area (Å²) in [4.78, 5) is 31.4. The number of para-hydroxylation sites is 2. The molecule has 0 unspecified atom stereocenters. The van der Waals surface area contributed by atoms with E-state index in [0.717, 1.165) is 0 Å². The second-order valence-corrected chi connectivity index (χ2v) is 5.03. The molecule has 0 bridgehead atoms. The van der Waals surface area contributed by atoms with Crippen molar-refractivity contribution in [2.45, 2.75) is 20.8 Å². The van der Waals surface area contributed by atoms with Crippen molar-refractivity contribution in [3.8, 4) is 0 Å². The molecule has 1 N–H and O–H groups in total. The molecule has 3 rings (SSSR count). The van der Waals surface area contributed by atoms with E-state index in [1.165, 1.54) is 12.1 Å². The number of hydrogen-bond donors (Lipinski definition) is 1.